The summed E-state index contributed by atoms with van der Waals surface area (Å²) in [7, 11) is 0. The second-order valence-corrected chi connectivity index (χ2v) is 4.55. The number of benzene rings is 1. The van der Waals surface area contributed by atoms with E-state index in [-0.39, 0.29) is 5.91 Å². The van der Waals surface area contributed by atoms with Crippen LogP contribution in [-0.2, 0) is 4.79 Å². The van der Waals surface area contributed by atoms with Crippen LogP contribution in [0.25, 0.3) is 0 Å². The Kier molecular flexibility index (Phi) is 3.17. The topological polar surface area (TPSA) is 29.1 Å². The fraction of sp³-hybridized carbons (Fsp3) is 0.364. The zero-order valence-electron chi connectivity index (χ0n) is 8.09. The van der Waals surface area contributed by atoms with Crippen molar-refractivity contribution in [3.63, 3.8) is 0 Å². The van der Waals surface area contributed by atoms with Gasteiger partial charge in [0.15, 0.2) is 0 Å². The van der Waals surface area contributed by atoms with E-state index in [1.165, 1.54) is 0 Å². The highest BCUT2D eigenvalue weighted by Crippen LogP contribution is 2.31. The molecule has 2 rings (SSSR count). The first-order valence-electron chi connectivity index (χ1n) is 4.88. The monoisotopic (exact) mass is 243 g/mol. The molecule has 1 amide bonds. The van der Waals surface area contributed by atoms with E-state index in [1.54, 1.807) is 6.07 Å². The molecule has 0 aromatic heterocycles. The van der Waals surface area contributed by atoms with Gasteiger partial charge in [0.25, 0.3) is 0 Å². The number of piperidine rings is 1. The van der Waals surface area contributed by atoms with Gasteiger partial charge in [0.1, 0.15) is 0 Å². The largest absolute Gasteiger partial charge is 0.355 e. The molecule has 15 heavy (non-hydrogen) atoms. The van der Waals surface area contributed by atoms with Crippen LogP contribution in [0.4, 0.5) is 0 Å². The Balaban J connectivity index is 2.19. The highest BCUT2D eigenvalue weighted by atomic mass is 35.5. The van der Waals surface area contributed by atoms with Crippen molar-refractivity contribution in [2.75, 3.05) is 6.54 Å². The van der Waals surface area contributed by atoms with Crippen molar-refractivity contribution in [2.45, 2.75) is 18.8 Å². The summed E-state index contributed by atoms with van der Waals surface area (Å²) >= 11 is 11.9. The van der Waals surface area contributed by atoms with Gasteiger partial charge in [0.2, 0.25) is 5.91 Å². The molecule has 1 atom stereocenters. The summed E-state index contributed by atoms with van der Waals surface area (Å²) in [6, 6.07) is 5.51. The lowest BCUT2D eigenvalue weighted by molar-refractivity contribution is -0.122. The Morgan fingerprint density at radius 2 is 2.13 bits per heavy atom. The molecule has 1 aliphatic rings. The third kappa shape index (κ3) is 2.44. The standard InChI is InChI=1S/C11H11Cl2NO/c12-8-2-3-9(10(13)5-8)7-1-4-11(15)14-6-7/h2-3,5,7H,1,4,6H2,(H,14,15). The molecule has 0 spiro atoms. The number of halogens is 2. The van der Waals surface area contributed by atoms with E-state index in [0.717, 1.165) is 12.0 Å². The van der Waals surface area contributed by atoms with Crippen molar-refractivity contribution in [3.05, 3.63) is 33.8 Å². The van der Waals surface area contributed by atoms with Crippen LogP contribution in [0.3, 0.4) is 0 Å². The van der Waals surface area contributed by atoms with Crippen molar-refractivity contribution >= 4 is 29.1 Å². The lowest BCUT2D eigenvalue weighted by Crippen LogP contribution is -2.33. The van der Waals surface area contributed by atoms with Crippen LogP contribution in [-0.4, -0.2) is 12.5 Å². The smallest absolute Gasteiger partial charge is 0.220 e. The lowest BCUT2D eigenvalue weighted by atomic mass is 9.91. The molecule has 2 nitrogen and oxygen atoms in total. The Hall–Kier alpha value is -0.730. The number of carbonyl (C=O) groups excluding carboxylic acids is 1. The summed E-state index contributed by atoms with van der Waals surface area (Å²) in [6.45, 7) is 0.667. The van der Waals surface area contributed by atoms with E-state index >= 15 is 0 Å². The van der Waals surface area contributed by atoms with Crippen LogP contribution >= 0.6 is 23.2 Å². The number of amides is 1. The van der Waals surface area contributed by atoms with Crippen molar-refractivity contribution in [2.24, 2.45) is 0 Å². The first-order chi connectivity index (χ1) is 7.16. The molecule has 0 bridgehead atoms. The van der Waals surface area contributed by atoms with E-state index in [4.69, 9.17) is 23.2 Å². The second kappa shape index (κ2) is 4.42. The number of rotatable bonds is 1. The Labute approximate surface area is 98.6 Å². The maximum absolute atomic E-state index is 11.0. The van der Waals surface area contributed by atoms with Gasteiger partial charge >= 0.3 is 0 Å². The van der Waals surface area contributed by atoms with Crippen molar-refractivity contribution in [1.82, 2.24) is 5.32 Å². The predicted octanol–water partition coefficient (Wildman–Crippen LogP) is 2.99. The minimum absolute atomic E-state index is 0.122. The molecule has 4 heteroatoms. The van der Waals surface area contributed by atoms with Gasteiger partial charge in [-0.15, -0.1) is 0 Å². The van der Waals surface area contributed by atoms with E-state index < -0.39 is 0 Å². The van der Waals surface area contributed by atoms with E-state index in [1.807, 2.05) is 12.1 Å². The van der Waals surface area contributed by atoms with Crippen molar-refractivity contribution in [3.8, 4) is 0 Å². The minimum atomic E-state index is 0.122. The third-order valence-corrected chi connectivity index (χ3v) is 3.23. The van der Waals surface area contributed by atoms with Crippen molar-refractivity contribution < 1.29 is 4.79 Å². The molecule has 1 saturated heterocycles. The Morgan fingerprint density at radius 1 is 1.33 bits per heavy atom. The average molecular weight is 244 g/mol. The van der Waals surface area contributed by atoms with Crippen LogP contribution in [0.2, 0.25) is 10.0 Å². The minimum Gasteiger partial charge on any atom is -0.355 e. The van der Waals surface area contributed by atoms with Gasteiger partial charge < -0.3 is 5.32 Å². The first-order valence-corrected chi connectivity index (χ1v) is 5.64. The van der Waals surface area contributed by atoms with Gasteiger partial charge in [0, 0.05) is 28.9 Å². The van der Waals surface area contributed by atoms with Crippen LogP contribution in [0.5, 0.6) is 0 Å². The van der Waals surface area contributed by atoms with Gasteiger partial charge in [-0.05, 0) is 24.1 Å². The fourth-order valence-electron chi connectivity index (χ4n) is 1.83. The molecular weight excluding hydrogens is 233 g/mol. The number of carbonyl (C=O) groups is 1. The number of nitrogens with one attached hydrogen (secondary N) is 1. The van der Waals surface area contributed by atoms with E-state index in [2.05, 4.69) is 5.32 Å². The maximum Gasteiger partial charge on any atom is 0.220 e. The highest BCUT2D eigenvalue weighted by Gasteiger charge is 2.21. The summed E-state index contributed by atoms with van der Waals surface area (Å²) in [5, 5.41) is 4.17. The van der Waals surface area contributed by atoms with Gasteiger partial charge in [-0.2, -0.15) is 0 Å². The summed E-state index contributed by atoms with van der Waals surface area (Å²) in [5.74, 6) is 0.434. The molecule has 1 N–H and O–H groups in total. The summed E-state index contributed by atoms with van der Waals surface area (Å²) in [4.78, 5) is 11.0. The average Bonchev–Trinajstić information content (AvgIpc) is 2.20. The summed E-state index contributed by atoms with van der Waals surface area (Å²) in [5.41, 5.74) is 1.07. The zero-order chi connectivity index (χ0) is 10.8. The molecule has 1 fully saturated rings. The maximum atomic E-state index is 11.0. The van der Waals surface area contributed by atoms with Crippen LogP contribution in [0.15, 0.2) is 18.2 Å². The fourth-order valence-corrected chi connectivity index (χ4v) is 2.39. The van der Waals surface area contributed by atoms with E-state index in [0.29, 0.717) is 28.9 Å². The van der Waals surface area contributed by atoms with Gasteiger partial charge in [-0.25, -0.2) is 0 Å². The third-order valence-electron chi connectivity index (χ3n) is 2.67. The van der Waals surface area contributed by atoms with Crippen molar-refractivity contribution in [1.29, 1.82) is 0 Å². The molecule has 0 saturated carbocycles. The van der Waals surface area contributed by atoms with Crippen LogP contribution < -0.4 is 5.32 Å². The first kappa shape index (κ1) is 10.8. The predicted molar refractivity (Wildman–Crippen MR) is 61.4 cm³/mol. The Bertz CT molecular complexity index is 382. The Morgan fingerprint density at radius 3 is 2.73 bits per heavy atom. The van der Waals surface area contributed by atoms with Gasteiger partial charge in [0.05, 0.1) is 0 Å². The highest BCUT2D eigenvalue weighted by molar-refractivity contribution is 6.35. The summed E-state index contributed by atoms with van der Waals surface area (Å²) < 4.78 is 0. The van der Waals surface area contributed by atoms with Crippen LogP contribution in [0.1, 0.15) is 24.3 Å². The van der Waals surface area contributed by atoms with E-state index in [9.17, 15) is 4.79 Å². The van der Waals surface area contributed by atoms with Gasteiger partial charge in [-0.3, -0.25) is 4.79 Å². The number of hydrogen-bond acceptors (Lipinski definition) is 1. The SMILES string of the molecule is O=C1CCC(c2ccc(Cl)cc2Cl)CN1. The van der Waals surface area contributed by atoms with Crippen LogP contribution in [0, 0.1) is 0 Å². The zero-order valence-corrected chi connectivity index (χ0v) is 9.61. The number of hydrogen-bond donors (Lipinski definition) is 1. The molecule has 0 aliphatic carbocycles. The molecule has 1 aromatic rings. The molecule has 1 unspecified atom stereocenters. The molecule has 1 heterocycles. The molecule has 80 valence electrons. The molecular formula is C11H11Cl2NO. The molecule has 1 aromatic carbocycles. The summed E-state index contributed by atoms with van der Waals surface area (Å²) in [6.07, 6.45) is 1.43. The second-order valence-electron chi connectivity index (χ2n) is 3.71. The lowest BCUT2D eigenvalue weighted by Gasteiger charge is -2.23. The normalized spacial score (nSPS) is 21.2. The quantitative estimate of drug-likeness (QED) is 0.808. The van der Waals surface area contributed by atoms with Gasteiger partial charge in [-0.1, -0.05) is 29.3 Å². The molecule has 0 radical (unpaired) electrons. The molecule has 1 aliphatic heterocycles.